The molecule has 152 valence electrons. The van der Waals surface area contributed by atoms with E-state index >= 15 is 0 Å². The number of hydrogen-bond acceptors (Lipinski definition) is 5. The SMILES string of the molecule is Cc1ccc(COc2ccc(C(=O)NN=Cc3ccc(Cl)c([N+](=O)[O-])c3)cc2)cc1. The predicted molar refractivity (Wildman–Crippen MR) is 115 cm³/mol. The van der Waals surface area contributed by atoms with E-state index < -0.39 is 10.8 Å². The largest absolute Gasteiger partial charge is 0.489 e. The van der Waals surface area contributed by atoms with Crippen molar-refractivity contribution in [1.82, 2.24) is 5.43 Å². The molecule has 1 amide bonds. The minimum atomic E-state index is -0.583. The lowest BCUT2D eigenvalue weighted by Gasteiger charge is -2.07. The van der Waals surface area contributed by atoms with Crippen LogP contribution in [0.3, 0.4) is 0 Å². The molecule has 8 heteroatoms. The lowest BCUT2D eigenvalue weighted by molar-refractivity contribution is -0.384. The van der Waals surface area contributed by atoms with E-state index in [4.69, 9.17) is 16.3 Å². The molecule has 0 spiro atoms. The van der Waals surface area contributed by atoms with Gasteiger partial charge >= 0.3 is 0 Å². The van der Waals surface area contributed by atoms with E-state index in [2.05, 4.69) is 10.5 Å². The van der Waals surface area contributed by atoms with E-state index in [1.807, 2.05) is 31.2 Å². The Balaban J connectivity index is 1.55. The number of nitro benzene ring substituents is 1. The second kappa shape index (κ2) is 9.67. The van der Waals surface area contributed by atoms with Crippen molar-refractivity contribution in [1.29, 1.82) is 0 Å². The van der Waals surface area contributed by atoms with Crippen molar-refractivity contribution in [2.24, 2.45) is 5.10 Å². The van der Waals surface area contributed by atoms with Crippen LogP contribution in [0.1, 0.15) is 27.0 Å². The summed E-state index contributed by atoms with van der Waals surface area (Å²) in [6.45, 7) is 2.46. The number of carbonyl (C=O) groups is 1. The van der Waals surface area contributed by atoms with Gasteiger partial charge < -0.3 is 4.74 Å². The topological polar surface area (TPSA) is 93.8 Å². The fraction of sp³-hybridized carbons (Fsp3) is 0.0909. The molecule has 0 fully saturated rings. The van der Waals surface area contributed by atoms with Gasteiger partial charge in [-0.1, -0.05) is 47.5 Å². The first-order valence-corrected chi connectivity index (χ1v) is 9.36. The highest BCUT2D eigenvalue weighted by molar-refractivity contribution is 6.32. The molecule has 0 aliphatic rings. The molecule has 3 aromatic rings. The third kappa shape index (κ3) is 5.65. The molecule has 0 aliphatic carbocycles. The van der Waals surface area contributed by atoms with Gasteiger partial charge in [-0.05, 0) is 42.8 Å². The molecule has 0 bridgehead atoms. The first-order chi connectivity index (χ1) is 14.4. The standard InChI is InChI=1S/C22H18ClN3O4/c1-15-2-4-16(5-3-15)14-30-19-9-7-18(8-10-19)22(27)25-24-13-17-6-11-20(23)21(12-17)26(28)29/h2-13H,14H2,1H3,(H,25,27). The highest BCUT2D eigenvalue weighted by atomic mass is 35.5. The Hall–Kier alpha value is -3.71. The molecule has 7 nitrogen and oxygen atoms in total. The van der Waals surface area contributed by atoms with Crippen LogP contribution in [0.2, 0.25) is 5.02 Å². The summed E-state index contributed by atoms with van der Waals surface area (Å²) in [6, 6.07) is 19.0. The van der Waals surface area contributed by atoms with Crippen LogP contribution in [0.15, 0.2) is 71.8 Å². The number of hydrogen-bond donors (Lipinski definition) is 1. The molecule has 0 saturated carbocycles. The number of rotatable bonds is 7. The maximum Gasteiger partial charge on any atom is 0.288 e. The van der Waals surface area contributed by atoms with Gasteiger partial charge in [-0.3, -0.25) is 14.9 Å². The minimum absolute atomic E-state index is 0.0332. The summed E-state index contributed by atoms with van der Waals surface area (Å²) in [6.07, 6.45) is 1.31. The lowest BCUT2D eigenvalue weighted by atomic mass is 10.2. The molecular formula is C22H18ClN3O4. The van der Waals surface area contributed by atoms with Gasteiger partial charge in [0, 0.05) is 17.2 Å². The van der Waals surface area contributed by atoms with Crippen LogP contribution in [0, 0.1) is 17.0 Å². The number of nitrogens with one attached hydrogen (secondary N) is 1. The highest BCUT2D eigenvalue weighted by Gasteiger charge is 2.12. The van der Waals surface area contributed by atoms with Gasteiger partial charge in [0.25, 0.3) is 11.6 Å². The third-order valence-electron chi connectivity index (χ3n) is 4.19. The molecule has 0 aromatic heterocycles. The molecule has 1 N–H and O–H groups in total. The van der Waals surface area contributed by atoms with Crippen LogP contribution in [0.25, 0.3) is 0 Å². The summed E-state index contributed by atoms with van der Waals surface area (Å²) in [5.41, 5.74) is 5.23. The fourth-order valence-electron chi connectivity index (χ4n) is 2.53. The Labute approximate surface area is 178 Å². The zero-order valence-corrected chi connectivity index (χ0v) is 16.8. The van der Waals surface area contributed by atoms with Crippen molar-refractivity contribution in [3.8, 4) is 5.75 Å². The van der Waals surface area contributed by atoms with Crippen molar-refractivity contribution < 1.29 is 14.5 Å². The van der Waals surface area contributed by atoms with Crippen molar-refractivity contribution in [2.75, 3.05) is 0 Å². The Bertz CT molecular complexity index is 1080. The van der Waals surface area contributed by atoms with Gasteiger partial charge in [-0.25, -0.2) is 5.43 Å². The van der Waals surface area contributed by atoms with E-state index in [9.17, 15) is 14.9 Å². The molecule has 0 unspecified atom stereocenters. The Kier molecular flexibility index (Phi) is 6.77. The quantitative estimate of drug-likeness (QED) is 0.332. The van der Waals surface area contributed by atoms with Crippen LogP contribution in [-0.4, -0.2) is 17.0 Å². The number of amides is 1. The summed E-state index contributed by atoms with van der Waals surface area (Å²) >= 11 is 5.77. The fourth-order valence-corrected chi connectivity index (χ4v) is 2.72. The number of benzene rings is 3. The molecule has 0 aliphatic heterocycles. The van der Waals surface area contributed by atoms with E-state index in [0.717, 1.165) is 5.56 Å². The number of ether oxygens (including phenoxy) is 1. The average molecular weight is 424 g/mol. The normalized spacial score (nSPS) is 10.7. The van der Waals surface area contributed by atoms with Crippen LogP contribution >= 0.6 is 11.6 Å². The van der Waals surface area contributed by atoms with Gasteiger partial charge in [-0.15, -0.1) is 0 Å². The smallest absolute Gasteiger partial charge is 0.288 e. The number of nitro groups is 1. The maximum absolute atomic E-state index is 12.2. The van der Waals surface area contributed by atoms with Gasteiger partial charge in [0.05, 0.1) is 11.1 Å². The van der Waals surface area contributed by atoms with Gasteiger partial charge in [0.2, 0.25) is 0 Å². The minimum Gasteiger partial charge on any atom is -0.489 e. The predicted octanol–water partition coefficient (Wildman–Crippen LogP) is 4.90. The van der Waals surface area contributed by atoms with E-state index in [0.29, 0.717) is 23.5 Å². The van der Waals surface area contributed by atoms with Crippen LogP contribution in [0.5, 0.6) is 5.75 Å². The molecule has 0 atom stereocenters. The molecule has 0 heterocycles. The Morgan fingerprint density at radius 2 is 1.83 bits per heavy atom. The number of hydrazone groups is 1. The highest BCUT2D eigenvalue weighted by Crippen LogP contribution is 2.24. The van der Waals surface area contributed by atoms with Gasteiger partial charge in [0.1, 0.15) is 17.4 Å². The molecule has 3 rings (SSSR count). The van der Waals surface area contributed by atoms with Crippen LogP contribution in [0.4, 0.5) is 5.69 Å². The number of halogens is 1. The van der Waals surface area contributed by atoms with Gasteiger partial charge in [-0.2, -0.15) is 5.10 Å². The monoisotopic (exact) mass is 423 g/mol. The summed E-state index contributed by atoms with van der Waals surface area (Å²) in [7, 11) is 0. The molecule has 0 radical (unpaired) electrons. The van der Waals surface area contributed by atoms with E-state index in [1.165, 1.54) is 23.9 Å². The van der Waals surface area contributed by atoms with Crippen molar-refractivity contribution in [3.05, 3.63) is 104 Å². The second-order valence-electron chi connectivity index (χ2n) is 6.47. The molecule has 30 heavy (non-hydrogen) atoms. The summed E-state index contributed by atoms with van der Waals surface area (Å²) < 4.78 is 5.72. The summed E-state index contributed by atoms with van der Waals surface area (Å²) in [4.78, 5) is 22.5. The van der Waals surface area contributed by atoms with Crippen LogP contribution in [-0.2, 0) is 6.61 Å². The first-order valence-electron chi connectivity index (χ1n) is 8.98. The molecule has 0 saturated heterocycles. The van der Waals surface area contributed by atoms with Gasteiger partial charge in [0.15, 0.2) is 0 Å². The zero-order chi connectivity index (χ0) is 21.5. The summed E-state index contributed by atoms with van der Waals surface area (Å²) in [5.74, 6) is 0.226. The number of nitrogens with zero attached hydrogens (tertiary/aromatic N) is 2. The molecule has 3 aromatic carbocycles. The zero-order valence-electron chi connectivity index (χ0n) is 16.0. The van der Waals surface area contributed by atoms with E-state index in [-0.39, 0.29) is 10.7 Å². The Morgan fingerprint density at radius 3 is 2.50 bits per heavy atom. The van der Waals surface area contributed by atoms with Crippen molar-refractivity contribution >= 4 is 29.4 Å². The average Bonchev–Trinajstić information content (AvgIpc) is 2.74. The first kappa shape index (κ1) is 21.0. The number of carbonyl (C=O) groups excluding carboxylic acids is 1. The van der Waals surface area contributed by atoms with Crippen molar-refractivity contribution in [2.45, 2.75) is 13.5 Å². The van der Waals surface area contributed by atoms with E-state index in [1.54, 1.807) is 30.3 Å². The van der Waals surface area contributed by atoms with Crippen LogP contribution < -0.4 is 10.2 Å². The number of aryl methyl sites for hydroxylation is 1. The third-order valence-corrected chi connectivity index (χ3v) is 4.51. The Morgan fingerprint density at radius 1 is 1.13 bits per heavy atom. The van der Waals surface area contributed by atoms with Crippen molar-refractivity contribution in [3.63, 3.8) is 0 Å². The maximum atomic E-state index is 12.2. The summed E-state index contributed by atoms with van der Waals surface area (Å²) in [5, 5.41) is 14.8. The molecular weight excluding hydrogens is 406 g/mol. The lowest BCUT2D eigenvalue weighted by Crippen LogP contribution is -2.17. The second-order valence-corrected chi connectivity index (χ2v) is 6.87.